The normalized spacial score (nSPS) is 19.8. The molecule has 2 aromatic rings. The number of nitrogens with one attached hydrogen (secondary N) is 2. The molecule has 1 aliphatic rings. The van der Waals surface area contributed by atoms with Gasteiger partial charge in [0.15, 0.2) is 5.96 Å². The van der Waals surface area contributed by atoms with Crippen LogP contribution in [0, 0.1) is 5.92 Å². The molecule has 1 fully saturated rings. The molecule has 0 radical (unpaired) electrons. The highest BCUT2D eigenvalue weighted by molar-refractivity contribution is 5.94. The Morgan fingerprint density at radius 2 is 2.10 bits per heavy atom. The summed E-state index contributed by atoms with van der Waals surface area (Å²) in [6, 6.07) is 8.08. The van der Waals surface area contributed by atoms with Crippen molar-refractivity contribution in [1.82, 2.24) is 25.1 Å². The first-order valence-electron chi connectivity index (χ1n) is 10.5. The minimum Gasteiger partial charge on any atom is -0.357 e. The fourth-order valence-electron chi connectivity index (χ4n) is 3.76. The summed E-state index contributed by atoms with van der Waals surface area (Å²) in [5.41, 5.74) is 1.71. The number of benzene rings is 1. The van der Waals surface area contributed by atoms with E-state index in [9.17, 15) is 4.79 Å². The first-order valence-corrected chi connectivity index (χ1v) is 10.5. The van der Waals surface area contributed by atoms with E-state index in [-0.39, 0.29) is 5.91 Å². The van der Waals surface area contributed by atoms with Crippen LogP contribution in [0.15, 0.2) is 48.0 Å². The Hall–Kier alpha value is -2.83. The zero-order valence-corrected chi connectivity index (χ0v) is 17.6. The molecule has 156 valence electrons. The van der Waals surface area contributed by atoms with Crippen molar-refractivity contribution in [2.75, 3.05) is 26.2 Å². The smallest absolute Gasteiger partial charge is 0.251 e. The van der Waals surface area contributed by atoms with E-state index in [1.54, 1.807) is 0 Å². The van der Waals surface area contributed by atoms with Gasteiger partial charge in [0, 0.05) is 44.1 Å². The summed E-state index contributed by atoms with van der Waals surface area (Å²) in [7, 11) is 0. The van der Waals surface area contributed by atoms with E-state index in [2.05, 4.69) is 38.9 Å². The SMILES string of the molecule is CCNC(=O)c1cccc(CN=C(NCC)N2CCC(C)C(n3ccnc3)C2)c1. The number of hydrogen-bond donors (Lipinski definition) is 2. The van der Waals surface area contributed by atoms with Gasteiger partial charge in [-0.2, -0.15) is 0 Å². The van der Waals surface area contributed by atoms with Gasteiger partial charge in [-0.3, -0.25) is 4.79 Å². The van der Waals surface area contributed by atoms with Crippen molar-refractivity contribution in [1.29, 1.82) is 0 Å². The Balaban J connectivity index is 1.73. The lowest BCUT2D eigenvalue weighted by Gasteiger charge is -2.39. The molecule has 7 nitrogen and oxygen atoms in total. The van der Waals surface area contributed by atoms with E-state index >= 15 is 0 Å². The van der Waals surface area contributed by atoms with Gasteiger partial charge in [0.1, 0.15) is 0 Å². The van der Waals surface area contributed by atoms with E-state index in [0.29, 0.717) is 30.6 Å². The summed E-state index contributed by atoms with van der Waals surface area (Å²) in [6.45, 7) is 10.2. The topological polar surface area (TPSA) is 74.6 Å². The van der Waals surface area contributed by atoms with E-state index < -0.39 is 0 Å². The standard InChI is InChI=1S/C22H32N6O/c1-4-24-21(29)19-8-6-7-18(13-19)14-26-22(25-5-2)27-11-9-17(3)20(15-27)28-12-10-23-16-28/h6-8,10,12-13,16-17,20H,4-5,9,11,14-15H2,1-3H3,(H,24,29)(H,25,26). The molecule has 1 amide bonds. The third kappa shape index (κ3) is 5.37. The van der Waals surface area contributed by atoms with Crippen LogP contribution in [-0.4, -0.2) is 52.5 Å². The summed E-state index contributed by atoms with van der Waals surface area (Å²) in [6.07, 6.45) is 6.90. The number of hydrogen-bond acceptors (Lipinski definition) is 3. The van der Waals surface area contributed by atoms with Crippen molar-refractivity contribution >= 4 is 11.9 Å². The number of aliphatic imine (C=N–C) groups is 1. The maximum absolute atomic E-state index is 12.1. The van der Waals surface area contributed by atoms with Crippen LogP contribution in [0.3, 0.4) is 0 Å². The Morgan fingerprint density at radius 3 is 2.83 bits per heavy atom. The molecular weight excluding hydrogens is 364 g/mol. The predicted octanol–water partition coefficient (Wildman–Crippen LogP) is 2.68. The number of aromatic nitrogens is 2. The summed E-state index contributed by atoms with van der Waals surface area (Å²) >= 11 is 0. The van der Waals surface area contributed by atoms with Crippen LogP contribution in [-0.2, 0) is 6.54 Å². The molecule has 29 heavy (non-hydrogen) atoms. The lowest BCUT2D eigenvalue weighted by molar-refractivity contribution is 0.0955. The Morgan fingerprint density at radius 1 is 1.28 bits per heavy atom. The van der Waals surface area contributed by atoms with Gasteiger partial charge >= 0.3 is 0 Å². The summed E-state index contributed by atoms with van der Waals surface area (Å²) < 4.78 is 2.20. The van der Waals surface area contributed by atoms with Gasteiger partial charge in [0.05, 0.1) is 18.9 Å². The zero-order chi connectivity index (χ0) is 20.6. The maximum atomic E-state index is 12.1. The van der Waals surface area contributed by atoms with E-state index in [4.69, 9.17) is 4.99 Å². The summed E-state index contributed by atoms with van der Waals surface area (Å²) in [5, 5.41) is 6.28. The van der Waals surface area contributed by atoms with Crippen molar-refractivity contribution in [3.8, 4) is 0 Å². The lowest BCUT2D eigenvalue weighted by Crippen LogP contribution is -2.49. The van der Waals surface area contributed by atoms with E-state index in [1.165, 1.54) is 0 Å². The van der Waals surface area contributed by atoms with Gasteiger partial charge in [0.2, 0.25) is 0 Å². The monoisotopic (exact) mass is 396 g/mol. The molecule has 2 N–H and O–H groups in total. The van der Waals surface area contributed by atoms with Crippen LogP contribution in [0.2, 0.25) is 0 Å². The predicted molar refractivity (Wildman–Crippen MR) is 116 cm³/mol. The highest BCUT2D eigenvalue weighted by Gasteiger charge is 2.28. The van der Waals surface area contributed by atoms with Gasteiger partial charge in [-0.1, -0.05) is 19.1 Å². The van der Waals surface area contributed by atoms with Crippen molar-refractivity contribution < 1.29 is 4.79 Å². The number of carbonyl (C=O) groups is 1. The molecule has 1 aromatic carbocycles. The largest absolute Gasteiger partial charge is 0.357 e. The van der Waals surface area contributed by atoms with Crippen molar-refractivity contribution in [2.24, 2.45) is 10.9 Å². The molecule has 0 saturated carbocycles. The molecule has 0 aliphatic carbocycles. The van der Waals surface area contributed by atoms with Crippen LogP contribution in [0.25, 0.3) is 0 Å². The number of imidazole rings is 1. The molecule has 2 heterocycles. The molecule has 1 aliphatic heterocycles. The van der Waals surface area contributed by atoms with Gasteiger partial charge in [-0.15, -0.1) is 0 Å². The van der Waals surface area contributed by atoms with Crippen LogP contribution in [0.1, 0.15) is 49.2 Å². The molecule has 0 spiro atoms. The number of rotatable bonds is 6. The third-order valence-electron chi connectivity index (χ3n) is 5.40. The van der Waals surface area contributed by atoms with Gasteiger partial charge in [-0.05, 0) is 43.9 Å². The molecule has 1 saturated heterocycles. The fourth-order valence-corrected chi connectivity index (χ4v) is 3.76. The average molecular weight is 397 g/mol. The Bertz CT molecular complexity index is 816. The zero-order valence-electron chi connectivity index (χ0n) is 17.6. The van der Waals surface area contributed by atoms with E-state index in [0.717, 1.165) is 37.6 Å². The molecule has 0 bridgehead atoms. The number of amides is 1. The molecule has 3 rings (SSSR count). The molecule has 1 aromatic heterocycles. The van der Waals surface area contributed by atoms with Crippen LogP contribution in [0.4, 0.5) is 0 Å². The first-order chi connectivity index (χ1) is 14.1. The molecule has 2 unspecified atom stereocenters. The number of nitrogens with zero attached hydrogens (tertiary/aromatic N) is 4. The van der Waals surface area contributed by atoms with Gasteiger partial charge in [0.25, 0.3) is 5.91 Å². The second-order valence-corrected chi connectivity index (χ2v) is 7.52. The summed E-state index contributed by atoms with van der Waals surface area (Å²) in [4.78, 5) is 23.5. The quantitative estimate of drug-likeness (QED) is 0.582. The lowest BCUT2D eigenvalue weighted by atomic mass is 9.93. The number of carbonyl (C=O) groups excluding carboxylic acids is 1. The Labute approximate surface area is 173 Å². The molecule has 2 atom stereocenters. The number of guanidine groups is 1. The van der Waals surface area contributed by atoms with Crippen molar-refractivity contribution in [3.05, 3.63) is 54.1 Å². The molecular formula is C22H32N6O. The average Bonchev–Trinajstić information content (AvgIpc) is 3.26. The third-order valence-corrected chi connectivity index (χ3v) is 5.40. The van der Waals surface area contributed by atoms with Gasteiger partial charge < -0.3 is 20.1 Å². The van der Waals surface area contributed by atoms with Crippen LogP contribution < -0.4 is 10.6 Å². The first kappa shape index (κ1) is 20.9. The Kier molecular flexibility index (Phi) is 7.27. The second kappa shape index (κ2) is 10.1. The van der Waals surface area contributed by atoms with Crippen molar-refractivity contribution in [2.45, 2.75) is 39.8 Å². The highest BCUT2D eigenvalue weighted by Crippen LogP contribution is 2.27. The highest BCUT2D eigenvalue weighted by atomic mass is 16.1. The van der Waals surface area contributed by atoms with Gasteiger partial charge in [-0.25, -0.2) is 9.98 Å². The van der Waals surface area contributed by atoms with Crippen molar-refractivity contribution in [3.63, 3.8) is 0 Å². The second-order valence-electron chi connectivity index (χ2n) is 7.52. The summed E-state index contributed by atoms with van der Waals surface area (Å²) in [5.74, 6) is 1.48. The molecule has 7 heteroatoms. The fraction of sp³-hybridized carbons (Fsp3) is 0.500. The van der Waals surface area contributed by atoms with E-state index in [1.807, 2.05) is 49.9 Å². The maximum Gasteiger partial charge on any atom is 0.251 e. The van der Waals surface area contributed by atoms with Crippen LogP contribution in [0.5, 0.6) is 0 Å². The number of piperidine rings is 1. The number of likely N-dealkylation sites (tertiary alicyclic amines) is 1. The minimum atomic E-state index is -0.0431. The van der Waals surface area contributed by atoms with Crippen LogP contribution >= 0.6 is 0 Å². The minimum absolute atomic E-state index is 0.0431.